The molecule has 0 saturated heterocycles. The van der Waals surface area contributed by atoms with Crippen LogP contribution >= 0.6 is 0 Å². The van der Waals surface area contributed by atoms with Crippen molar-refractivity contribution in [2.24, 2.45) is 0 Å². The Balaban J connectivity index is 2.16. The molecule has 0 aromatic heterocycles. The Labute approximate surface area is 124 Å². The van der Waals surface area contributed by atoms with Crippen LogP contribution in [-0.4, -0.2) is 18.8 Å². The molecule has 0 saturated carbocycles. The van der Waals surface area contributed by atoms with Gasteiger partial charge in [-0.25, -0.2) is 4.39 Å². The molecule has 0 spiro atoms. The average molecular weight is 283 g/mol. The molecule has 2 nitrogen and oxygen atoms in total. The van der Waals surface area contributed by atoms with Crippen molar-refractivity contribution in [2.75, 3.05) is 18.6 Å². The number of benzene rings is 2. The standard InChI is InChI=1S/C18H18FNO/c1-20(18-11-9-17(19)10-12-18)14-16-8-3-2-6-15(16)7-4-5-13-21/h2-3,6,8-12,21H,5,13-14H2,1H3. The molecule has 0 fully saturated rings. The van der Waals surface area contributed by atoms with E-state index in [2.05, 4.69) is 11.8 Å². The molecule has 0 atom stereocenters. The predicted molar refractivity (Wildman–Crippen MR) is 83.5 cm³/mol. The van der Waals surface area contributed by atoms with Crippen molar-refractivity contribution in [3.8, 4) is 11.8 Å². The number of rotatable bonds is 4. The predicted octanol–water partition coefficient (Wildman–Crippen LogP) is 3.20. The molecule has 0 radical (unpaired) electrons. The fourth-order valence-corrected chi connectivity index (χ4v) is 2.04. The molecule has 2 aromatic carbocycles. The molecule has 2 aromatic rings. The Morgan fingerprint density at radius 2 is 1.81 bits per heavy atom. The van der Waals surface area contributed by atoms with Crippen LogP contribution in [0, 0.1) is 17.7 Å². The van der Waals surface area contributed by atoms with E-state index in [0.29, 0.717) is 13.0 Å². The Bertz CT molecular complexity index is 640. The van der Waals surface area contributed by atoms with Crippen LogP contribution < -0.4 is 4.90 Å². The van der Waals surface area contributed by atoms with Crippen molar-refractivity contribution >= 4 is 5.69 Å². The third-order valence-corrected chi connectivity index (χ3v) is 3.15. The van der Waals surface area contributed by atoms with Crippen LogP contribution in [0.1, 0.15) is 17.5 Å². The number of aliphatic hydroxyl groups excluding tert-OH is 1. The third kappa shape index (κ3) is 4.34. The number of nitrogens with zero attached hydrogens (tertiary/aromatic N) is 1. The van der Waals surface area contributed by atoms with Crippen molar-refractivity contribution in [1.82, 2.24) is 0 Å². The average Bonchev–Trinajstić information content (AvgIpc) is 2.50. The van der Waals surface area contributed by atoms with Gasteiger partial charge in [0.25, 0.3) is 0 Å². The first-order chi connectivity index (χ1) is 10.2. The quantitative estimate of drug-likeness (QED) is 0.871. The maximum absolute atomic E-state index is 13.0. The van der Waals surface area contributed by atoms with Gasteiger partial charge in [0.1, 0.15) is 5.82 Å². The first-order valence-electron chi connectivity index (χ1n) is 6.85. The highest BCUT2D eigenvalue weighted by molar-refractivity contribution is 5.48. The Kier molecular flexibility index (Phi) is 5.36. The largest absolute Gasteiger partial charge is 0.395 e. The number of hydrogen-bond acceptors (Lipinski definition) is 2. The monoisotopic (exact) mass is 283 g/mol. The SMILES string of the molecule is CN(Cc1ccccc1C#CCCO)c1ccc(F)cc1. The minimum Gasteiger partial charge on any atom is -0.395 e. The topological polar surface area (TPSA) is 23.5 Å². The van der Waals surface area contributed by atoms with E-state index >= 15 is 0 Å². The summed E-state index contributed by atoms with van der Waals surface area (Å²) in [6.45, 7) is 0.764. The van der Waals surface area contributed by atoms with E-state index in [1.54, 1.807) is 12.1 Å². The summed E-state index contributed by atoms with van der Waals surface area (Å²) in [6.07, 6.45) is 0.474. The molecule has 1 N–H and O–H groups in total. The summed E-state index contributed by atoms with van der Waals surface area (Å²) in [7, 11) is 1.96. The van der Waals surface area contributed by atoms with Crippen molar-refractivity contribution in [1.29, 1.82) is 0 Å². The van der Waals surface area contributed by atoms with Crippen molar-refractivity contribution in [3.05, 3.63) is 65.5 Å². The molecule has 0 heterocycles. The summed E-state index contributed by atoms with van der Waals surface area (Å²) in [6, 6.07) is 14.4. The lowest BCUT2D eigenvalue weighted by Gasteiger charge is -2.20. The van der Waals surface area contributed by atoms with Gasteiger partial charge in [-0.1, -0.05) is 30.0 Å². The fourth-order valence-electron chi connectivity index (χ4n) is 2.04. The number of aliphatic hydroxyl groups is 1. The van der Waals surface area contributed by atoms with Crippen LogP contribution in [0.3, 0.4) is 0 Å². The van der Waals surface area contributed by atoms with E-state index in [-0.39, 0.29) is 12.4 Å². The molecule has 3 heteroatoms. The van der Waals surface area contributed by atoms with E-state index in [1.165, 1.54) is 12.1 Å². The highest BCUT2D eigenvalue weighted by Crippen LogP contribution is 2.17. The van der Waals surface area contributed by atoms with Gasteiger partial charge in [0, 0.05) is 31.3 Å². The van der Waals surface area contributed by atoms with Gasteiger partial charge in [-0.05, 0) is 35.9 Å². The zero-order chi connectivity index (χ0) is 15.1. The van der Waals surface area contributed by atoms with E-state index in [9.17, 15) is 4.39 Å². The van der Waals surface area contributed by atoms with E-state index in [0.717, 1.165) is 16.8 Å². The van der Waals surface area contributed by atoms with Gasteiger partial charge in [0.15, 0.2) is 0 Å². The van der Waals surface area contributed by atoms with Gasteiger partial charge in [0.2, 0.25) is 0 Å². The van der Waals surface area contributed by atoms with Crippen LogP contribution in [0.4, 0.5) is 10.1 Å². The lowest BCUT2D eigenvalue weighted by atomic mass is 10.1. The number of hydrogen-bond donors (Lipinski definition) is 1. The summed E-state index contributed by atoms with van der Waals surface area (Å²) in [5.74, 6) is 5.79. The normalized spacial score (nSPS) is 9.86. The van der Waals surface area contributed by atoms with Gasteiger partial charge < -0.3 is 10.0 Å². The second-order valence-corrected chi connectivity index (χ2v) is 4.77. The molecule has 0 unspecified atom stereocenters. The molecule has 0 aliphatic rings. The lowest BCUT2D eigenvalue weighted by molar-refractivity contribution is 0.305. The van der Waals surface area contributed by atoms with Crippen molar-refractivity contribution in [2.45, 2.75) is 13.0 Å². The van der Waals surface area contributed by atoms with Gasteiger partial charge in [-0.15, -0.1) is 0 Å². The number of halogens is 1. The van der Waals surface area contributed by atoms with Gasteiger partial charge in [-0.3, -0.25) is 0 Å². The lowest BCUT2D eigenvalue weighted by Crippen LogP contribution is -2.17. The molecule has 0 aliphatic carbocycles. The zero-order valence-corrected chi connectivity index (χ0v) is 12.0. The Morgan fingerprint density at radius 3 is 2.52 bits per heavy atom. The van der Waals surface area contributed by atoms with Crippen LogP contribution in [0.2, 0.25) is 0 Å². The van der Waals surface area contributed by atoms with Gasteiger partial charge in [-0.2, -0.15) is 0 Å². The van der Waals surface area contributed by atoms with Crippen molar-refractivity contribution in [3.63, 3.8) is 0 Å². The summed E-state index contributed by atoms with van der Waals surface area (Å²) in [4.78, 5) is 2.05. The first-order valence-corrected chi connectivity index (χ1v) is 6.85. The highest BCUT2D eigenvalue weighted by atomic mass is 19.1. The van der Waals surface area contributed by atoms with Crippen LogP contribution in [0.15, 0.2) is 48.5 Å². The van der Waals surface area contributed by atoms with Crippen molar-refractivity contribution < 1.29 is 9.50 Å². The third-order valence-electron chi connectivity index (χ3n) is 3.15. The minimum atomic E-state index is -0.234. The van der Waals surface area contributed by atoms with Gasteiger partial charge >= 0.3 is 0 Å². The smallest absolute Gasteiger partial charge is 0.123 e. The summed E-state index contributed by atoms with van der Waals surface area (Å²) >= 11 is 0. The van der Waals surface area contributed by atoms with Gasteiger partial charge in [0.05, 0.1) is 6.61 Å². The maximum Gasteiger partial charge on any atom is 0.123 e. The van der Waals surface area contributed by atoms with E-state index in [4.69, 9.17) is 5.11 Å². The summed E-state index contributed by atoms with van der Waals surface area (Å²) in [5.41, 5.74) is 3.02. The molecule has 21 heavy (non-hydrogen) atoms. The second-order valence-electron chi connectivity index (χ2n) is 4.77. The molecular formula is C18H18FNO. The molecule has 0 bridgehead atoms. The molecule has 2 rings (SSSR count). The highest BCUT2D eigenvalue weighted by Gasteiger charge is 2.05. The molecule has 0 amide bonds. The maximum atomic E-state index is 13.0. The second kappa shape index (κ2) is 7.47. The van der Waals surface area contributed by atoms with E-state index in [1.807, 2.05) is 36.2 Å². The van der Waals surface area contributed by atoms with Crippen LogP contribution in [0.5, 0.6) is 0 Å². The molecule has 108 valence electrons. The van der Waals surface area contributed by atoms with Crippen LogP contribution in [-0.2, 0) is 6.54 Å². The summed E-state index contributed by atoms with van der Waals surface area (Å²) < 4.78 is 13.0. The summed E-state index contributed by atoms with van der Waals surface area (Å²) in [5, 5.41) is 8.79. The minimum absolute atomic E-state index is 0.0741. The number of anilines is 1. The molecule has 0 aliphatic heterocycles. The Morgan fingerprint density at radius 1 is 1.10 bits per heavy atom. The zero-order valence-electron chi connectivity index (χ0n) is 12.0. The van der Waals surface area contributed by atoms with Crippen LogP contribution in [0.25, 0.3) is 0 Å². The van der Waals surface area contributed by atoms with E-state index < -0.39 is 0 Å². The first kappa shape index (κ1) is 15.1. The fraction of sp³-hybridized carbons (Fsp3) is 0.222. The Hall–Kier alpha value is -2.31. The molecular weight excluding hydrogens is 265 g/mol.